The Balaban J connectivity index is 1.74. The lowest BCUT2D eigenvalue weighted by atomic mass is 9.99. The molecule has 3 aromatic rings. The van der Waals surface area contributed by atoms with Crippen molar-refractivity contribution in [2.45, 2.75) is 43.4 Å². The van der Waals surface area contributed by atoms with E-state index < -0.39 is 50.0 Å². The monoisotopic (exact) mass is 420 g/mol. The Kier molecular flexibility index (Phi) is 6.00. The summed E-state index contributed by atoms with van der Waals surface area (Å²) in [6.07, 6.45) is -8.40. The highest BCUT2D eigenvalue weighted by molar-refractivity contribution is 6.08. The standard InChI is InChI=1S/C20H24N2O8/c23-6-9-5-11-10-3-1-2-4-12(10)22-15(11)16(21-9)13(7-24)29-20-19(28)18(27)17(26)14(8-25)30-20/h1-5,13-14,17-20,22-28H,6-8H2. The summed E-state index contributed by atoms with van der Waals surface area (Å²) in [6, 6.07) is 9.27. The molecule has 4 rings (SSSR count). The number of benzene rings is 1. The largest absolute Gasteiger partial charge is 0.394 e. The summed E-state index contributed by atoms with van der Waals surface area (Å²) < 4.78 is 11.1. The van der Waals surface area contributed by atoms with Crippen LogP contribution in [0.25, 0.3) is 21.8 Å². The molecule has 10 nitrogen and oxygen atoms in total. The maximum absolute atomic E-state index is 10.2. The Morgan fingerprint density at radius 2 is 1.80 bits per heavy atom. The van der Waals surface area contributed by atoms with Crippen LogP contribution in [0.4, 0.5) is 0 Å². The number of pyridine rings is 1. The number of aliphatic hydroxyl groups is 6. The van der Waals surface area contributed by atoms with E-state index in [1.807, 2.05) is 24.3 Å². The van der Waals surface area contributed by atoms with Crippen LogP contribution in [0, 0.1) is 0 Å². The van der Waals surface area contributed by atoms with Gasteiger partial charge in [-0.1, -0.05) is 18.2 Å². The van der Waals surface area contributed by atoms with Crippen molar-refractivity contribution in [3.8, 4) is 0 Å². The molecule has 7 N–H and O–H groups in total. The van der Waals surface area contributed by atoms with Crippen molar-refractivity contribution in [3.63, 3.8) is 0 Å². The fourth-order valence-electron chi connectivity index (χ4n) is 3.77. The fourth-order valence-corrected chi connectivity index (χ4v) is 3.77. The maximum atomic E-state index is 10.2. The molecule has 3 heterocycles. The van der Waals surface area contributed by atoms with Gasteiger partial charge in [0.25, 0.3) is 0 Å². The zero-order valence-corrected chi connectivity index (χ0v) is 15.9. The van der Waals surface area contributed by atoms with Gasteiger partial charge in [-0.2, -0.15) is 0 Å². The fraction of sp³-hybridized carbons (Fsp3) is 0.450. The first-order valence-corrected chi connectivity index (χ1v) is 9.56. The molecule has 2 aromatic heterocycles. The van der Waals surface area contributed by atoms with Crippen molar-refractivity contribution in [2.24, 2.45) is 0 Å². The number of aromatic nitrogens is 2. The molecule has 0 aliphatic carbocycles. The smallest absolute Gasteiger partial charge is 0.187 e. The van der Waals surface area contributed by atoms with Gasteiger partial charge in [-0.25, -0.2) is 0 Å². The molecular weight excluding hydrogens is 396 g/mol. The average Bonchev–Trinajstić information content (AvgIpc) is 3.15. The number of H-pyrrole nitrogens is 1. The zero-order chi connectivity index (χ0) is 21.4. The number of fused-ring (bicyclic) bond motifs is 3. The van der Waals surface area contributed by atoms with Crippen LogP contribution in [-0.4, -0.2) is 84.5 Å². The number of rotatable bonds is 6. The van der Waals surface area contributed by atoms with Gasteiger partial charge in [0, 0.05) is 16.3 Å². The second-order valence-electron chi connectivity index (χ2n) is 7.25. The van der Waals surface area contributed by atoms with Gasteiger partial charge in [0.1, 0.15) is 30.5 Å². The molecule has 0 spiro atoms. The molecule has 0 saturated carbocycles. The first kappa shape index (κ1) is 21.1. The Labute approximate surface area is 170 Å². The lowest BCUT2D eigenvalue weighted by Crippen LogP contribution is -2.59. The van der Waals surface area contributed by atoms with Crippen molar-refractivity contribution in [1.29, 1.82) is 0 Å². The summed E-state index contributed by atoms with van der Waals surface area (Å²) in [5.74, 6) is 0. The van der Waals surface area contributed by atoms with Crippen molar-refractivity contribution in [3.05, 3.63) is 41.7 Å². The third-order valence-electron chi connectivity index (χ3n) is 5.36. The maximum Gasteiger partial charge on any atom is 0.187 e. The molecule has 0 bridgehead atoms. The molecular formula is C20H24N2O8. The van der Waals surface area contributed by atoms with Crippen molar-refractivity contribution < 1.29 is 40.1 Å². The molecule has 6 atom stereocenters. The highest BCUT2D eigenvalue weighted by Crippen LogP contribution is 2.33. The summed E-state index contributed by atoms with van der Waals surface area (Å²) in [6.45, 7) is -1.47. The third kappa shape index (κ3) is 3.57. The van der Waals surface area contributed by atoms with Gasteiger partial charge in [0.2, 0.25) is 0 Å². The number of ether oxygens (including phenoxy) is 2. The number of para-hydroxylation sites is 1. The van der Waals surface area contributed by atoms with Crippen molar-refractivity contribution >= 4 is 21.8 Å². The van der Waals surface area contributed by atoms with Crippen LogP contribution in [0.1, 0.15) is 17.5 Å². The summed E-state index contributed by atoms with van der Waals surface area (Å²) in [5, 5.41) is 60.8. The van der Waals surface area contributed by atoms with Crippen molar-refractivity contribution in [1.82, 2.24) is 9.97 Å². The molecule has 30 heavy (non-hydrogen) atoms. The Morgan fingerprint density at radius 1 is 1.03 bits per heavy atom. The third-order valence-corrected chi connectivity index (χ3v) is 5.36. The molecule has 0 amide bonds. The van der Waals surface area contributed by atoms with Crippen LogP contribution in [0.5, 0.6) is 0 Å². The van der Waals surface area contributed by atoms with Crippen LogP contribution in [0.2, 0.25) is 0 Å². The highest BCUT2D eigenvalue weighted by atomic mass is 16.7. The van der Waals surface area contributed by atoms with E-state index in [-0.39, 0.29) is 12.3 Å². The summed E-state index contributed by atoms with van der Waals surface area (Å²) in [5.41, 5.74) is 2.05. The predicted octanol–water partition coefficient (Wildman–Crippen LogP) is -0.942. The number of hydrogen-bond donors (Lipinski definition) is 7. The molecule has 162 valence electrons. The SMILES string of the molecule is OCc1cc2c([nH]c3ccccc32)c(C(CO)OC2OC(CO)C(O)C(O)C2O)n1. The molecule has 10 heteroatoms. The lowest BCUT2D eigenvalue weighted by Gasteiger charge is -2.40. The van der Waals surface area contributed by atoms with E-state index in [1.54, 1.807) is 6.07 Å². The van der Waals surface area contributed by atoms with Gasteiger partial charge in [-0.3, -0.25) is 4.98 Å². The number of aromatic amines is 1. The first-order chi connectivity index (χ1) is 14.5. The van der Waals surface area contributed by atoms with Crippen molar-refractivity contribution in [2.75, 3.05) is 13.2 Å². The number of nitrogens with zero attached hydrogens (tertiary/aromatic N) is 1. The Morgan fingerprint density at radius 3 is 2.50 bits per heavy atom. The van der Waals surface area contributed by atoms with E-state index in [0.29, 0.717) is 11.2 Å². The van der Waals surface area contributed by atoms with Gasteiger partial charge < -0.3 is 45.1 Å². The molecule has 1 fully saturated rings. The predicted molar refractivity (Wildman–Crippen MR) is 104 cm³/mol. The Hall–Kier alpha value is -2.15. The molecule has 1 aromatic carbocycles. The summed E-state index contributed by atoms with van der Waals surface area (Å²) in [7, 11) is 0. The highest BCUT2D eigenvalue weighted by Gasteiger charge is 2.45. The topological polar surface area (TPSA) is 169 Å². The quantitative estimate of drug-likeness (QED) is 0.266. The van der Waals surface area contributed by atoms with Crippen LogP contribution >= 0.6 is 0 Å². The van der Waals surface area contributed by atoms with Gasteiger partial charge in [0.05, 0.1) is 36.7 Å². The van der Waals surface area contributed by atoms with E-state index in [9.17, 15) is 30.6 Å². The van der Waals surface area contributed by atoms with E-state index in [4.69, 9.17) is 9.47 Å². The van der Waals surface area contributed by atoms with Crippen LogP contribution in [0.3, 0.4) is 0 Å². The second kappa shape index (κ2) is 8.53. The lowest BCUT2D eigenvalue weighted by molar-refractivity contribution is -0.314. The van der Waals surface area contributed by atoms with Crippen LogP contribution < -0.4 is 0 Å². The van der Waals surface area contributed by atoms with E-state index in [1.165, 1.54) is 0 Å². The van der Waals surface area contributed by atoms with Gasteiger partial charge in [-0.15, -0.1) is 0 Å². The summed E-state index contributed by atoms with van der Waals surface area (Å²) >= 11 is 0. The minimum absolute atomic E-state index is 0.284. The minimum Gasteiger partial charge on any atom is -0.394 e. The van der Waals surface area contributed by atoms with E-state index in [0.717, 1.165) is 16.3 Å². The van der Waals surface area contributed by atoms with E-state index >= 15 is 0 Å². The minimum atomic E-state index is -1.61. The Bertz CT molecular complexity index is 1020. The van der Waals surface area contributed by atoms with E-state index in [2.05, 4.69) is 9.97 Å². The number of aliphatic hydroxyl groups excluding tert-OH is 6. The number of hydrogen-bond acceptors (Lipinski definition) is 9. The normalized spacial score (nSPS) is 28.3. The number of nitrogens with one attached hydrogen (secondary N) is 1. The van der Waals surface area contributed by atoms with Gasteiger partial charge in [-0.05, 0) is 12.1 Å². The van der Waals surface area contributed by atoms with Gasteiger partial charge >= 0.3 is 0 Å². The molecule has 1 saturated heterocycles. The molecule has 6 unspecified atom stereocenters. The molecule has 1 aliphatic heterocycles. The zero-order valence-electron chi connectivity index (χ0n) is 15.9. The molecule has 0 radical (unpaired) electrons. The molecule has 1 aliphatic rings. The van der Waals surface area contributed by atoms with Crippen LogP contribution in [-0.2, 0) is 16.1 Å². The first-order valence-electron chi connectivity index (χ1n) is 9.56. The summed E-state index contributed by atoms with van der Waals surface area (Å²) in [4.78, 5) is 7.61. The second-order valence-corrected chi connectivity index (χ2v) is 7.25. The average molecular weight is 420 g/mol. The van der Waals surface area contributed by atoms with Crippen LogP contribution in [0.15, 0.2) is 30.3 Å². The van der Waals surface area contributed by atoms with Gasteiger partial charge in [0.15, 0.2) is 6.29 Å².